The molecule has 2 rings (SSSR count). The second kappa shape index (κ2) is 9.07. The van der Waals surface area contributed by atoms with E-state index in [1.54, 1.807) is 4.90 Å². The summed E-state index contributed by atoms with van der Waals surface area (Å²) in [6, 6.07) is 4.53. The molecule has 0 radical (unpaired) electrons. The minimum absolute atomic E-state index is 0.0290. The van der Waals surface area contributed by atoms with E-state index < -0.39 is 23.6 Å². The van der Waals surface area contributed by atoms with Crippen molar-refractivity contribution in [3.05, 3.63) is 29.8 Å². The molecule has 2 atom stereocenters. The van der Waals surface area contributed by atoms with E-state index in [9.17, 15) is 22.8 Å². The molecule has 1 amide bonds. The summed E-state index contributed by atoms with van der Waals surface area (Å²) in [7, 11) is 0. The fourth-order valence-corrected chi connectivity index (χ4v) is 3.15. The SMILES string of the molecule is CC1CC(C(=O)O)CN(CC(=O)NCCOc2cccc(C(F)(F)F)c2)C1. The Morgan fingerprint density at radius 3 is 2.74 bits per heavy atom. The zero-order valence-electron chi connectivity index (χ0n) is 15.0. The van der Waals surface area contributed by atoms with E-state index in [2.05, 4.69) is 5.32 Å². The Balaban J connectivity index is 1.73. The molecule has 1 aromatic rings. The van der Waals surface area contributed by atoms with Gasteiger partial charge in [-0.2, -0.15) is 13.2 Å². The summed E-state index contributed by atoms with van der Waals surface area (Å²) in [6.45, 7) is 3.17. The highest BCUT2D eigenvalue weighted by molar-refractivity contribution is 5.78. The summed E-state index contributed by atoms with van der Waals surface area (Å²) in [5, 5.41) is 11.8. The highest BCUT2D eigenvalue weighted by Gasteiger charge is 2.31. The van der Waals surface area contributed by atoms with E-state index in [1.807, 2.05) is 6.92 Å². The standard InChI is InChI=1S/C18H23F3N2O4/c1-12-7-13(17(25)26)10-23(9-12)11-16(24)22-5-6-27-15-4-2-3-14(8-15)18(19,20)21/h2-4,8,12-13H,5-7,9-11H2,1H3,(H,22,24)(H,25,26). The Morgan fingerprint density at radius 2 is 2.07 bits per heavy atom. The molecule has 1 saturated heterocycles. The lowest BCUT2D eigenvalue weighted by atomic mass is 9.90. The predicted octanol–water partition coefficient (Wildman–Crippen LogP) is 2.24. The Kier molecular flexibility index (Phi) is 7.06. The van der Waals surface area contributed by atoms with Crippen molar-refractivity contribution in [1.29, 1.82) is 0 Å². The van der Waals surface area contributed by atoms with E-state index in [-0.39, 0.29) is 37.3 Å². The highest BCUT2D eigenvalue weighted by atomic mass is 19.4. The number of carboxylic acids is 1. The second-order valence-electron chi connectivity index (χ2n) is 6.79. The first-order valence-electron chi connectivity index (χ1n) is 8.67. The van der Waals surface area contributed by atoms with Gasteiger partial charge in [-0.3, -0.25) is 14.5 Å². The lowest BCUT2D eigenvalue weighted by molar-refractivity contribution is -0.145. The minimum Gasteiger partial charge on any atom is -0.492 e. The number of halogens is 3. The normalized spacial score (nSPS) is 20.9. The first-order chi connectivity index (χ1) is 12.6. The maximum atomic E-state index is 12.6. The van der Waals surface area contributed by atoms with Gasteiger partial charge in [-0.25, -0.2) is 0 Å². The van der Waals surface area contributed by atoms with Crippen molar-refractivity contribution in [1.82, 2.24) is 10.2 Å². The number of likely N-dealkylation sites (tertiary alicyclic amines) is 1. The zero-order valence-corrected chi connectivity index (χ0v) is 15.0. The number of hydrogen-bond acceptors (Lipinski definition) is 4. The number of piperidine rings is 1. The number of benzene rings is 1. The van der Waals surface area contributed by atoms with Crippen LogP contribution in [0.15, 0.2) is 24.3 Å². The van der Waals surface area contributed by atoms with Crippen molar-refractivity contribution in [3.63, 3.8) is 0 Å². The van der Waals surface area contributed by atoms with Gasteiger partial charge in [-0.1, -0.05) is 13.0 Å². The van der Waals surface area contributed by atoms with Crippen LogP contribution in [0.25, 0.3) is 0 Å². The molecule has 1 aliphatic heterocycles. The molecule has 1 aliphatic rings. The predicted molar refractivity (Wildman–Crippen MR) is 91.3 cm³/mol. The Bertz CT molecular complexity index is 666. The maximum Gasteiger partial charge on any atom is 0.416 e. The van der Waals surface area contributed by atoms with E-state index in [0.717, 1.165) is 12.1 Å². The molecule has 0 saturated carbocycles. The van der Waals surface area contributed by atoms with E-state index in [0.29, 0.717) is 19.5 Å². The number of rotatable bonds is 7. The van der Waals surface area contributed by atoms with Gasteiger partial charge in [0.1, 0.15) is 12.4 Å². The molecule has 1 fully saturated rings. The minimum atomic E-state index is -4.44. The van der Waals surface area contributed by atoms with Crippen LogP contribution in [0, 0.1) is 11.8 Å². The zero-order chi connectivity index (χ0) is 20.0. The van der Waals surface area contributed by atoms with E-state index in [1.165, 1.54) is 12.1 Å². The average Bonchev–Trinajstić information content (AvgIpc) is 2.57. The van der Waals surface area contributed by atoms with Crippen LogP contribution in [0.3, 0.4) is 0 Å². The fourth-order valence-electron chi connectivity index (χ4n) is 3.15. The monoisotopic (exact) mass is 388 g/mol. The number of carbonyl (C=O) groups is 2. The Hall–Kier alpha value is -2.29. The Labute approximate surface area is 155 Å². The number of nitrogens with one attached hydrogen (secondary N) is 1. The van der Waals surface area contributed by atoms with Gasteiger partial charge in [0.2, 0.25) is 5.91 Å². The van der Waals surface area contributed by atoms with Gasteiger partial charge >= 0.3 is 12.1 Å². The molecular weight excluding hydrogens is 365 g/mol. The van der Waals surface area contributed by atoms with Gasteiger partial charge in [0.05, 0.1) is 24.6 Å². The van der Waals surface area contributed by atoms with Crippen LogP contribution in [0.5, 0.6) is 5.75 Å². The molecular formula is C18H23F3N2O4. The first kappa shape index (κ1) is 21.0. The highest BCUT2D eigenvalue weighted by Crippen LogP contribution is 2.31. The van der Waals surface area contributed by atoms with Gasteiger partial charge < -0.3 is 15.2 Å². The molecule has 1 aromatic carbocycles. The van der Waals surface area contributed by atoms with Gasteiger partial charge in [-0.05, 0) is 30.5 Å². The van der Waals surface area contributed by atoms with Crippen molar-refractivity contribution in [2.75, 3.05) is 32.8 Å². The third-order valence-electron chi connectivity index (χ3n) is 4.31. The van der Waals surface area contributed by atoms with Gasteiger partial charge in [0.15, 0.2) is 0 Å². The lowest BCUT2D eigenvalue weighted by Gasteiger charge is -2.34. The molecule has 27 heavy (non-hydrogen) atoms. The van der Waals surface area contributed by atoms with Crippen molar-refractivity contribution in [3.8, 4) is 5.75 Å². The van der Waals surface area contributed by atoms with Crippen LogP contribution in [-0.4, -0.2) is 54.7 Å². The van der Waals surface area contributed by atoms with Gasteiger partial charge in [0, 0.05) is 13.1 Å². The van der Waals surface area contributed by atoms with Crippen LogP contribution in [-0.2, 0) is 15.8 Å². The molecule has 0 aliphatic carbocycles. The van der Waals surface area contributed by atoms with E-state index in [4.69, 9.17) is 9.84 Å². The van der Waals surface area contributed by atoms with Crippen molar-refractivity contribution in [2.24, 2.45) is 11.8 Å². The van der Waals surface area contributed by atoms with E-state index >= 15 is 0 Å². The number of nitrogens with zero attached hydrogens (tertiary/aromatic N) is 1. The third kappa shape index (κ3) is 6.74. The summed E-state index contributed by atoms with van der Waals surface area (Å²) >= 11 is 0. The molecule has 0 bridgehead atoms. The number of carbonyl (C=O) groups excluding carboxylic acids is 1. The molecule has 6 nitrogen and oxygen atoms in total. The van der Waals surface area contributed by atoms with Crippen LogP contribution in [0.2, 0.25) is 0 Å². The molecule has 2 unspecified atom stereocenters. The molecule has 0 spiro atoms. The van der Waals surface area contributed by atoms with Gasteiger partial charge in [0.25, 0.3) is 0 Å². The van der Waals surface area contributed by atoms with Crippen LogP contribution in [0.1, 0.15) is 18.9 Å². The number of aliphatic carboxylic acids is 1. The largest absolute Gasteiger partial charge is 0.492 e. The Morgan fingerprint density at radius 1 is 1.33 bits per heavy atom. The van der Waals surface area contributed by atoms with Crippen molar-refractivity contribution < 1.29 is 32.6 Å². The number of hydrogen-bond donors (Lipinski definition) is 2. The summed E-state index contributed by atoms with van der Waals surface area (Å²) in [4.78, 5) is 24.9. The maximum absolute atomic E-state index is 12.6. The summed E-state index contributed by atoms with van der Waals surface area (Å²) < 4.78 is 43.1. The van der Waals surface area contributed by atoms with Crippen LogP contribution >= 0.6 is 0 Å². The topological polar surface area (TPSA) is 78.9 Å². The number of ether oxygens (including phenoxy) is 1. The summed E-state index contributed by atoms with van der Waals surface area (Å²) in [5.41, 5.74) is -0.795. The molecule has 2 N–H and O–H groups in total. The molecule has 1 heterocycles. The quantitative estimate of drug-likeness (QED) is 0.701. The first-order valence-corrected chi connectivity index (χ1v) is 8.67. The smallest absolute Gasteiger partial charge is 0.416 e. The molecule has 150 valence electrons. The number of alkyl halides is 3. The second-order valence-corrected chi connectivity index (χ2v) is 6.79. The van der Waals surface area contributed by atoms with Crippen molar-refractivity contribution in [2.45, 2.75) is 19.5 Å². The van der Waals surface area contributed by atoms with Crippen molar-refractivity contribution >= 4 is 11.9 Å². The van der Waals surface area contributed by atoms with Crippen LogP contribution in [0.4, 0.5) is 13.2 Å². The molecule has 9 heteroatoms. The third-order valence-corrected chi connectivity index (χ3v) is 4.31. The fraction of sp³-hybridized carbons (Fsp3) is 0.556. The average molecular weight is 388 g/mol. The molecule has 0 aromatic heterocycles. The summed E-state index contributed by atoms with van der Waals surface area (Å²) in [5.74, 6) is -1.35. The lowest BCUT2D eigenvalue weighted by Crippen LogP contribution is -2.47. The number of amides is 1. The number of carboxylic acid groups (broad SMARTS) is 1. The van der Waals surface area contributed by atoms with Gasteiger partial charge in [-0.15, -0.1) is 0 Å². The van der Waals surface area contributed by atoms with Crippen LogP contribution < -0.4 is 10.1 Å². The summed E-state index contributed by atoms with van der Waals surface area (Å²) in [6.07, 6.45) is -3.84.